The van der Waals surface area contributed by atoms with E-state index in [2.05, 4.69) is 27.7 Å². The molecule has 7 nitrogen and oxygen atoms in total. The summed E-state index contributed by atoms with van der Waals surface area (Å²) >= 11 is 0. The average Bonchev–Trinajstić information content (AvgIpc) is 3.16. The molecule has 1 saturated heterocycles. The van der Waals surface area contributed by atoms with E-state index in [1.807, 2.05) is 30.5 Å². The van der Waals surface area contributed by atoms with Gasteiger partial charge >= 0.3 is 0 Å². The van der Waals surface area contributed by atoms with Crippen molar-refractivity contribution < 1.29 is 9.59 Å². The smallest absolute Gasteiger partial charge is 0.251 e. The van der Waals surface area contributed by atoms with Crippen LogP contribution < -0.4 is 10.6 Å². The standard InChI is InChI=1S/C22H29N5O2/c1-26-11-9-19(10-12-26)25-22(29)18-5-7-20(8-6-18)27-15-16(14-24-27)13-23-21(28)17-3-2-4-17/h5-8,14-15,17,19H,2-4,9-13H2,1H3,(H,23,28)(H,25,29). The summed E-state index contributed by atoms with van der Waals surface area (Å²) in [7, 11) is 2.11. The molecular formula is C22H29N5O2. The largest absolute Gasteiger partial charge is 0.352 e. The monoisotopic (exact) mass is 395 g/mol. The Labute approximate surface area is 171 Å². The van der Waals surface area contributed by atoms with Gasteiger partial charge < -0.3 is 15.5 Å². The minimum atomic E-state index is -0.0223. The Kier molecular flexibility index (Phi) is 5.94. The van der Waals surface area contributed by atoms with Crippen molar-refractivity contribution in [1.82, 2.24) is 25.3 Å². The van der Waals surface area contributed by atoms with Gasteiger partial charge in [0.05, 0.1) is 11.9 Å². The highest BCUT2D eigenvalue weighted by Gasteiger charge is 2.24. The molecule has 2 N–H and O–H groups in total. The summed E-state index contributed by atoms with van der Waals surface area (Å²) in [4.78, 5) is 26.7. The Balaban J connectivity index is 1.31. The number of nitrogens with zero attached hydrogens (tertiary/aromatic N) is 3. The molecule has 2 aromatic rings. The lowest BCUT2D eigenvalue weighted by molar-refractivity contribution is -0.127. The molecule has 2 amide bonds. The van der Waals surface area contributed by atoms with Crippen LogP contribution in [-0.2, 0) is 11.3 Å². The maximum atomic E-state index is 12.5. The van der Waals surface area contributed by atoms with E-state index in [1.165, 1.54) is 0 Å². The van der Waals surface area contributed by atoms with Gasteiger partial charge in [0.25, 0.3) is 5.91 Å². The Hall–Kier alpha value is -2.67. The maximum absolute atomic E-state index is 12.5. The summed E-state index contributed by atoms with van der Waals surface area (Å²) in [6, 6.07) is 7.71. The number of likely N-dealkylation sites (tertiary alicyclic amines) is 1. The van der Waals surface area contributed by atoms with Crippen LogP contribution in [0, 0.1) is 5.92 Å². The van der Waals surface area contributed by atoms with Crippen molar-refractivity contribution in [3.63, 3.8) is 0 Å². The number of amides is 2. The van der Waals surface area contributed by atoms with Gasteiger partial charge in [0.2, 0.25) is 5.91 Å². The van der Waals surface area contributed by atoms with Crippen molar-refractivity contribution in [2.75, 3.05) is 20.1 Å². The van der Waals surface area contributed by atoms with E-state index >= 15 is 0 Å². The maximum Gasteiger partial charge on any atom is 0.251 e. The number of carbonyl (C=O) groups excluding carboxylic acids is 2. The average molecular weight is 396 g/mol. The second kappa shape index (κ2) is 8.78. The third-order valence-electron chi connectivity index (χ3n) is 6.03. The summed E-state index contributed by atoms with van der Waals surface area (Å²) < 4.78 is 1.77. The molecule has 2 fully saturated rings. The summed E-state index contributed by atoms with van der Waals surface area (Å²) in [6.07, 6.45) is 8.82. The fraction of sp³-hybridized carbons (Fsp3) is 0.500. The predicted octanol–water partition coefficient (Wildman–Crippen LogP) is 2.11. The molecule has 1 aromatic heterocycles. The van der Waals surface area contributed by atoms with Crippen LogP contribution in [0.5, 0.6) is 0 Å². The van der Waals surface area contributed by atoms with Crippen molar-refractivity contribution >= 4 is 11.8 Å². The van der Waals surface area contributed by atoms with Gasteiger partial charge in [-0.2, -0.15) is 5.10 Å². The normalized spacial score (nSPS) is 18.2. The zero-order chi connectivity index (χ0) is 20.2. The lowest BCUT2D eigenvalue weighted by Crippen LogP contribution is -2.43. The van der Waals surface area contributed by atoms with Gasteiger partial charge in [-0.3, -0.25) is 9.59 Å². The van der Waals surface area contributed by atoms with Crippen LogP contribution in [0.4, 0.5) is 0 Å². The molecule has 0 spiro atoms. The first kappa shape index (κ1) is 19.6. The van der Waals surface area contributed by atoms with E-state index in [9.17, 15) is 9.59 Å². The van der Waals surface area contributed by atoms with E-state index in [4.69, 9.17) is 0 Å². The number of piperidine rings is 1. The third-order valence-corrected chi connectivity index (χ3v) is 6.03. The lowest BCUT2D eigenvalue weighted by atomic mass is 9.85. The quantitative estimate of drug-likeness (QED) is 0.785. The van der Waals surface area contributed by atoms with E-state index in [1.54, 1.807) is 10.9 Å². The van der Waals surface area contributed by atoms with Crippen LogP contribution in [0.2, 0.25) is 0 Å². The zero-order valence-corrected chi connectivity index (χ0v) is 16.9. The molecule has 1 aromatic carbocycles. The molecule has 4 rings (SSSR count). The van der Waals surface area contributed by atoms with Crippen LogP contribution in [0.3, 0.4) is 0 Å². The predicted molar refractivity (Wildman–Crippen MR) is 111 cm³/mol. The van der Waals surface area contributed by atoms with Gasteiger partial charge in [-0.15, -0.1) is 0 Å². The molecule has 0 atom stereocenters. The lowest BCUT2D eigenvalue weighted by Gasteiger charge is -2.29. The number of benzene rings is 1. The first-order chi connectivity index (χ1) is 14.1. The Morgan fingerprint density at radius 2 is 1.83 bits per heavy atom. The Bertz CT molecular complexity index is 848. The highest BCUT2D eigenvalue weighted by Crippen LogP contribution is 2.26. The van der Waals surface area contributed by atoms with Crippen LogP contribution in [-0.4, -0.2) is 52.7 Å². The number of carbonyl (C=O) groups is 2. The molecule has 1 aliphatic heterocycles. The van der Waals surface area contributed by atoms with Crippen molar-refractivity contribution in [1.29, 1.82) is 0 Å². The minimum Gasteiger partial charge on any atom is -0.352 e. The number of hydrogen-bond acceptors (Lipinski definition) is 4. The van der Waals surface area contributed by atoms with Gasteiger partial charge in [-0.1, -0.05) is 6.42 Å². The third kappa shape index (κ3) is 4.85. The molecular weight excluding hydrogens is 366 g/mol. The number of nitrogens with one attached hydrogen (secondary N) is 2. The van der Waals surface area contributed by atoms with Crippen molar-refractivity contribution in [3.05, 3.63) is 47.8 Å². The van der Waals surface area contributed by atoms with Gasteiger partial charge in [0, 0.05) is 35.8 Å². The minimum absolute atomic E-state index is 0.0223. The van der Waals surface area contributed by atoms with E-state index < -0.39 is 0 Å². The van der Waals surface area contributed by atoms with E-state index in [0.717, 1.165) is 56.4 Å². The fourth-order valence-electron chi connectivity index (χ4n) is 3.78. The molecule has 2 heterocycles. The molecule has 0 unspecified atom stereocenters. The second-order valence-corrected chi connectivity index (χ2v) is 8.24. The Morgan fingerprint density at radius 3 is 2.48 bits per heavy atom. The van der Waals surface area contributed by atoms with Gasteiger partial charge in [-0.05, 0) is 70.1 Å². The van der Waals surface area contributed by atoms with Gasteiger partial charge in [0.1, 0.15) is 0 Å². The first-order valence-electron chi connectivity index (χ1n) is 10.5. The van der Waals surface area contributed by atoms with Crippen LogP contribution in [0.1, 0.15) is 48.0 Å². The molecule has 1 aliphatic carbocycles. The molecule has 7 heteroatoms. The van der Waals surface area contributed by atoms with Crippen LogP contribution >= 0.6 is 0 Å². The fourth-order valence-corrected chi connectivity index (χ4v) is 3.78. The topological polar surface area (TPSA) is 79.3 Å². The molecule has 1 saturated carbocycles. The van der Waals surface area contributed by atoms with Crippen molar-refractivity contribution in [2.24, 2.45) is 5.92 Å². The van der Waals surface area contributed by atoms with Crippen LogP contribution in [0.15, 0.2) is 36.7 Å². The molecule has 0 radical (unpaired) electrons. The summed E-state index contributed by atoms with van der Waals surface area (Å²) in [5, 5.41) is 10.5. The summed E-state index contributed by atoms with van der Waals surface area (Å²) in [5.74, 6) is 0.313. The van der Waals surface area contributed by atoms with Crippen LogP contribution in [0.25, 0.3) is 5.69 Å². The van der Waals surface area contributed by atoms with Crippen molar-refractivity contribution in [2.45, 2.75) is 44.7 Å². The SMILES string of the molecule is CN1CCC(NC(=O)c2ccc(-n3cc(CNC(=O)C4CCC4)cn3)cc2)CC1. The van der Waals surface area contributed by atoms with Gasteiger partial charge in [-0.25, -0.2) is 4.68 Å². The first-order valence-corrected chi connectivity index (χ1v) is 10.5. The molecule has 0 bridgehead atoms. The highest BCUT2D eigenvalue weighted by molar-refractivity contribution is 5.94. The summed E-state index contributed by atoms with van der Waals surface area (Å²) in [5.41, 5.74) is 2.51. The van der Waals surface area contributed by atoms with E-state index in [-0.39, 0.29) is 23.8 Å². The molecule has 154 valence electrons. The summed E-state index contributed by atoms with van der Waals surface area (Å²) in [6.45, 7) is 2.53. The molecule has 29 heavy (non-hydrogen) atoms. The number of aromatic nitrogens is 2. The second-order valence-electron chi connectivity index (χ2n) is 8.24. The zero-order valence-electron chi connectivity index (χ0n) is 16.9. The highest BCUT2D eigenvalue weighted by atomic mass is 16.2. The van der Waals surface area contributed by atoms with Gasteiger partial charge in [0.15, 0.2) is 0 Å². The number of hydrogen-bond donors (Lipinski definition) is 2. The van der Waals surface area contributed by atoms with Crippen molar-refractivity contribution in [3.8, 4) is 5.69 Å². The van der Waals surface area contributed by atoms with E-state index in [0.29, 0.717) is 12.1 Å². The number of rotatable bonds is 6. The molecule has 2 aliphatic rings. The Morgan fingerprint density at radius 1 is 1.10 bits per heavy atom.